The molecule has 0 fully saturated rings. The molecule has 0 spiro atoms. The van der Waals surface area contributed by atoms with Gasteiger partial charge in [0.25, 0.3) is 0 Å². The molecule has 1 aromatic carbocycles. The van der Waals surface area contributed by atoms with E-state index >= 15 is 0 Å². The van der Waals surface area contributed by atoms with Gasteiger partial charge in [-0.25, -0.2) is 8.78 Å². The molecular weight excluding hydrogens is 212 g/mol. The molecule has 0 bridgehead atoms. The molecule has 1 atom stereocenters. The van der Waals surface area contributed by atoms with Crippen LogP contribution in [-0.2, 0) is 0 Å². The normalized spacial score (nSPS) is 12.4. The molecule has 2 aromatic rings. The molecule has 82 valence electrons. The zero-order chi connectivity index (χ0) is 11.5. The SMILES string of the molecule is OC(c1ccccn1)c1ccc(F)cc1F. The largest absolute Gasteiger partial charge is 0.382 e. The molecule has 1 N–H and O–H groups in total. The van der Waals surface area contributed by atoms with Crippen LogP contribution in [0.5, 0.6) is 0 Å². The van der Waals surface area contributed by atoms with Gasteiger partial charge in [0.15, 0.2) is 0 Å². The van der Waals surface area contributed by atoms with Crippen molar-refractivity contribution in [3.05, 3.63) is 65.5 Å². The number of pyridine rings is 1. The monoisotopic (exact) mass is 221 g/mol. The highest BCUT2D eigenvalue weighted by atomic mass is 19.1. The van der Waals surface area contributed by atoms with Crippen molar-refractivity contribution < 1.29 is 13.9 Å². The molecule has 1 aromatic heterocycles. The molecule has 0 saturated carbocycles. The molecule has 1 unspecified atom stereocenters. The van der Waals surface area contributed by atoms with Gasteiger partial charge < -0.3 is 5.11 Å². The number of nitrogens with zero attached hydrogens (tertiary/aromatic N) is 1. The summed E-state index contributed by atoms with van der Waals surface area (Å²) >= 11 is 0. The van der Waals surface area contributed by atoms with Gasteiger partial charge in [0.05, 0.1) is 5.69 Å². The van der Waals surface area contributed by atoms with Crippen LogP contribution in [0.15, 0.2) is 42.6 Å². The van der Waals surface area contributed by atoms with E-state index < -0.39 is 17.7 Å². The Kier molecular flexibility index (Phi) is 2.92. The van der Waals surface area contributed by atoms with Crippen molar-refractivity contribution in [3.63, 3.8) is 0 Å². The van der Waals surface area contributed by atoms with E-state index in [0.29, 0.717) is 5.69 Å². The topological polar surface area (TPSA) is 33.1 Å². The summed E-state index contributed by atoms with van der Waals surface area (Å²) in [6.07, 6.45) is 0.321. The molecule has 2 nitrogen and oxygen atoms in total. The average molecular weight is 221 g/mol. The molecule has 4 heteroatoms. The van der Waals surface area contributed by atoms with E-state index in [9.17, 15) is 13.9 Å². The molecule has 1 heterocycles. The highest BCUT2D eigenvalue weighted by Gasteiger charge is 2.16. The number of hydrogen-bond donors (Lipinski definition) is 1. The highest BCUT2D eigenvalue weighted by molar-refractivity contribution is 5.27. The standard InChI is InChI=1S/C12H9F2NO/c13-8-4-5-9(10(14)7-8)12(16)11-3-1-2-6-15-11/h1-7,12,16H. The molecule has 0 aliphatic heterocycles. The van der Waals surface area contributed by atoms with E-state index in [-0.39, 0.29) is 5.56 Å². The number of benzene rings is 1. The molecular formula is C12H9F2NO. The Balaban J connectivity index is 2.38. The van der Waals surface area contributed by atoms with Crippen molar-refractivity contribution in [1.29, 1.82) is 0 Å². The molecule has 0 radical (unpaired) electrons. The predicted molar refractivity (Wildman–Crippen MR) is 54.7 cm³/mol. The Hall–Kier alpha value is -1.81. The number of aliphatic hydroxyl groups excluding tert-OH is 1. The van der Waals surface area contributed by atoms with Crippen LogP contribution in [0.2, 0.25) is 0 Å². The van der Waals surface area contributed by atoms with E-state index in [1.54, 1.807) is 18.2 Å². The van der Waals surface area contributed by atoms with Gasteiger partial charge in [0.2, 0.25) is 0 Å². The van der Waals surface area contributed by atoms with Crippen LogP contribution in [0.25, 0.3) is 0 Å². The van der Waals surface area contributed by atoms with Crippen molar-refractivity contribution in [2.24, 2.45) is 0 Å². The highest BCUT2D eigenvalue weighted by Crippen LogP contribution is 2.22. The first-order valence-corrected chi connectivity index (χ1v) is 4.72. The van der Waals surface area contributed by atoms with E-state index in [2.05, 4.69) is 4.98 Å². The molecule has 0 aliphatic carbocycles. The quantitative estimate of drug-likeness (QED) is 0.844. The van der Waals surface area contributed by atoms with Crippen molar-refractivity contribution in [3.8, 4) is 0 Å². The average Bonchev–Trinajstić information content (AvgIpc) is 2.29. The fraction of sp³-hybridized carbons (Fsp3) is 0.0833. The van der Waals surface area contributed by atoms with Crippen molar-refractivity contribution in [2.45, 2.75) is 6.10 Å². The second-order valence-corrected chi connectivity index (χ2v) is 3.32. The summed E-state index contributed by atoms with van der Waals surface area (Å²) in [5.41, 5.74) is 0.341. The molecule has 0 saturated heterocycles. The first kappa shape index (κ1) is 10.7. The lowest BCUT2D eigenvalue weighted by Gasteiger charge is -2.10. The summed E-state index contributed by atoms with van der Waals surface area (Å²) in [5.74, 6) is -1.45. The Labute approximate surface area is 91.2 Å². The molecule has 0 aliphatic rings. The first-order valence-electron chi connectivity index (χ1n) is 4.72. The summed E-state index contributed by atoms with van der Waals surface area (Å²) in [5, 5.41) is 9.84. The maximum atomic E-state index is 13.4. The van der Waals surface area contributed by atoms with E-state index in [1.165, 1.54) is 12.3 Å². The molecule has 2 rings (SSSR count). The lowest BCUT2D eigenvalue weighted by Crippen LogP contribution is -2.04. The minimum absolute atomic E-state index is 0.0140. The third-order valence-corrected chi connectivity index (χ3v) is 2.23. The summed E-state index contributed by atoms with van der Waals surface area (Å²) in [7, 11) is 0. The third kappa shape index (κ3) is 2.06. The van der Waals surface area contributed by atoms with Gasteiger partial charge in [-0.3, -0.25) is 4.98 Å². The van der Waals surface area contributed by atoms with Gasteiger partial charge in [-0.1, -0.05) is 12.1 Å². The lowest BCUT2D eigenvalue weighted by atomic mass is 10.1. The van der Waals surface area contributed by atoms with E-state index in [1.807, 2.05) is 0 Å². The van der Waals surface area contributed by atoms with Gasteiger partial charge in [0, 0.05) is 17.8 Å². The minimum atomic E-state index is -1.18. The minimum Gasteiger partial charge on any atom is -0.382 e. The van der Waals surface area contributed by atoms with Crippen LogP contribution in [0.3, 0.4) is 0 Å². The van der Waals surface area contributed by atoms with Crippen molar-refractivity contribution in [2.75, 3.05) is 0 Å². The summed E-state index contributed by atoms with van der Waals surface area (Å²) < 4.78 is 26.0. The molecule has 0 amide bonds. The van der Waals surface area contributed by atoms with Crippen molar-refractivity contribution in [1.82, 2.24) is 4.98 Å². The summed E-state index contributed by atoms with van der Waals surface area (Å²) in [6, 6.07) is 8.01. The first-order chi connectivity index (χ1) is 7.68. The van der Waals surface area contributed by atoms with Gasteiger partial charge in [-0.05, 0) is 18.2 Å². The van der Waals surface area contributed by atoms with Crippen LogP contribution in [0.4, 0.5) is 8.78 Å². The van der Waals surface area contributed by atoms with Crippen LogP contribution >= 0.6 is 0 Å². The van der Waals surface area contributed by atoms with Crippen LogP contribution < -0.4 is 0 Å². The summed E-state index contributed by atoms with van der Waals surface area (Å²) in [4.78, 5) is 3.91. The zero-order valence-corrected chi connectivity index (χ0v) is 8.27. The fourth-order valence-corrected chi connectivity index (χ4v) is 1.42. The number of rotatable bonds is 2. The Bertz CT molecular complexity index is 488. The fourth-order valence-electron chi connectivity index (χ4n) is 1.42. The van der Waals surface area contributed by atoms with Gasteiger partial charge in [-0.15, -0.1) is 0 Å². The second-order valence-electron chi connectivity index (χ2n) is 3.32. The van der Waals surface area contributed by atoms with Crippen LogP contribution in [-0.4, -0.2) is 10.1 Å². The van der Waals surface area contributed by atoms with Gasteiger partial charge in [-0.2, -0.15) is 0 Å². The number of hydrogen-bond acceptors (Lipinski definition) is 2. The Morgan fingerprint density at radius 3 is 2.56 bits per heavy atom. The number of halogens is 2. The van der Waals surface area contributed by atoms with Crippen molar-refractivity contribution >= 4 is 0 Å². The van der Waals surface area contributed by atoms with Crippen LogP contribution in [0, 0.1) is 11.6 Å². The van der Waals surface area contributed by atoms with E-state index in [4.69, 9.17) is 0 Å². The smallest absolute Gasteiger partial charge is 0.132 e. The number of aliphatic hydroxyl groups is 1. The second kappa shape index (κ2) is 4.37. The Morgan fingerprint density at radius 2 is 1.94 bits per heavy atom. The maximum Gasteiger partial charge on any atom is 0.132 e. The number of aromatic nitrogens is 1. The zero-order valence-electron chi connectivity index (χ0n) is 8.27. The van der Waals surface area contributed by atoms with E-state index in [0.717, 1.165) is 12.1 Å². The maximum absolute atomic E-state index is 13.4. The Morgan fingerprint density at radius 1 is 1.12 bits per heavy atom. The predicted octanol–water partition coefficient (Wildman–Crippen LogP) is 2.44. The molecule has 16 heavy (non-hydrogen) atoms. The lowest BCUT2D eigenvalue weighted by molar-refractivity contribution is 0.210. The van der Waals surface area contributed by atoms with Gasteiger partial charge in [0.1, 0.15) is 17.7 Å². The summed E-state index contributed by atoms with van der Waals surface area (Å²) in [6.45, 7) is 0. The third-order valence-electron chi connectivity index (χ3n) is 2.23. The van der Waals surface area contributed by atoms with Gasteiger partial charge >= 0.3 is 0 Å². The van der Waals surface area contributed by atoms with Crippen LogP contribution in [0.1, 0.15) is 17.4 Å².